The maximum Gasteiger partial charge on any atom is 0.416 e. The van der Waals surface area contributed by atoms with Crippen LogP contribution in [0.2, 0.25) is 0 Å². The Labute approximate surface area is 152 Å². The van der Waals surface area contributed by atoms with Gasteiger partial charge in [0.1, 0.15) is 5.82 Å². The van der Waals surface area contributed by atoms with Crippen LogP contribution >= 0.6 is 24.8 Å². The topological polar surface area (TPSA) is 15.3 Å². The van der Waals surface area contributed by atoms with Gasteiger partial charge in [0.05, 0.1) is 5.56 Å². The molecule has 2 atom stereocenters. The molecule has 0 aromatic heterocycles. The van der Waals surface area contributed by atoms with Crippen molar-refractivity contribution in [1.29, 1.82) is 0 Å². The second kappa shape index (κ2) is 9.80. The van der Waals surface area contributed by atoms with E-state index in [0.29, 0.717) is 32.6 Å². The average molecular weight is 391 g/mol. The number of hydrogen-bond acceptors (Lipinski definition) is 2. The first-order valence-electron chi connectivity index (χ1n) is 7.66. The molecule has 1 unspecified atom stereocenters. The first kappa shape index (κ1) is 23.4. The highest BCUT2D eigenvalue weighted by atomic mass is 35.5. The van der Waals surface area contributed by atoms with Crippen molar-refractivity contribution < 1.29 is 17.6 Å². The van der Waals surface area contributed by atoms with Crippen LogP contribution in [0.25, 0.3) is 0 Å². The highest BCUT2D eigenvalue weighted by Crippen LogP contribution is 2.41. The Morgan fingerprint density at radius 3 is 2.25 bits per heavy atom. The molecule has 140 valence electrons. The molecule has 0 radical (unpaired) electrons. The van der Waals surface area contributed by atoms with Crippen molar-refractivity contribution in [2.45, 2.75) is 32.5 Å². The van der Waals surface area contributed by atoms with Crippen molar-refractivity contribution in [1.82, 2.24) is 10.2 Å². The number of halogens is 6. The lowest BCUT2D eigenvalue weighted by molar-refractivity contribution is -0.139. The Balaban J connectivity index is 0.00000264. The molecule has 1 saturated heterocycles. The van der Waals surface area contributed by atoms with Gasteiger partial charge in [0.2, 0.25) is 0 Å². The summed E-state index contributed by atoms with van der Waals surface area (Å²) < 4.78 is 54.3. The summed E-state index contributed by atoms with van der Waals surface area (Å²) in [5.74, 6) is -0.824. The van der Waals surface area contributed by atoms with E-state index in [0.717, 1.165) is 18.2 Å². The van der Waals surface area contributed by atoms with E-state index in [2.05, 4.69) is 5.32 Å². The predicted molar refractivity (Wildman–Crippen MR) is 92.5 cm³/mol. The van der Waals surface area contributed by atoms with E-state index in [9.17, 15) is 17.6 Å². The number of piperazine rings is 1. The van der Waals surface area contributed by atoms with Crippen LogP contribution in [0.3, 0.4) is 0 Å². The van der Waals surface area contributed by atoms with E-state index >= 15 is 0 Å². The molecule has 1 aromatic rings. The Morgan fingerprint density at radius 1 is 1.17 bits per heavy atom. The molecule has 1 fully saturated rings. The van der Waals surface area contributed by atoms with E-state index < -0.39 is 23.6 Å². The quantitative estimate of drug-likeness (QED) is 0.750. The van der Waals surface area contributed by atoms with Crippen LogP contribution in [0.1, 0.15) is 37.4 Å². The zero-order chi connectivity index (χ0) is 16.3. The summed E-state index contributed by atoms with van der Waals surface area (Å²) in [6.07, 6.45) is -3.85. The van der Waals surface area contributed by atoms with Gasteiger partial charge in [-0.2, -0.15) is 13.2 Å². The number of rotatable bonds is 4. The molecule has 24 heavy (non-hydrogen) atoms. The smallest absolute Gasteiger partial charge is 0.314 e. The van der Waals surface area contributed by atoms with Crippen molar-refractivity contribution in [3.8, 4) is 0 Å². The SMILES string of the molecule is CCC(C)[C@H](c1c(F)cccc1C(F)(F)F)N1CCNCC1.Cl.Cl. The third-order valence-corrected chi connectivity index (χ3v) is 4.38. The van der Waals surface area contributed by atoms with Crippen LogP contribution in [0.4, 0.5) is 17.6 Å². The summed E-state index contributed by atoms with van der Waals surface area (Å²) >= 11 is 0. The Hall–Kier alpha value is -0.560. The van der Waals surface area contributed by atoms with Crippen molar-refractivity contribution in [2.75, 3.05) is 26.2 Å². The first-order valence-corrected chi connectivity index (χ1v) is 7.66. The lowest BCUT2D eigenvalue weighted by Gasteiger charge is -2.39. The number of nitrogens with one attached hydrogen (secondary N) is 1. The summed E-state index contributed by atoms with van der Waals surface area (Å²) in [5, 5.41) is 3.18. The molecule has 8 heteroatoms. The molecule has 1 aliphatic heterocycles. The zero-order valence-corrected chi connectivity index (χ0v) is 15.3. The molecule has 1 aliphatic rings. The molecule has 0 bridgehead atoms. The molecular weight excluding hydrogens is 367 g/mol. The summed E-state index contributed by atoms with van der Waals surface area (Å²) in [4.78, 5) is 1.97. The predicted octanol–water partition coefficient (Wildman–Crippen LogP) is 4.68. The van der Waals surface area contributed by atoms with Gasteiger partial charge in [-0.05, 0) is 18.1 Å². The molecule has 0 spiro atoms. The fraction of sp³-hybridized carbons (Fsp3) is 0.625. The molecule has 0 amide bonds. The summed E-state index contributed by atoms with van der Waals surface area (Å²) in [6.45, 7) is 6.49. The van der Waals surface area contributed by atoms with Gasteiger partial charge >= 0.3 is 6.18 Å². The molecular formula is C16H24Cl2F4N2. The van der Waals surface area contributed by atoms with Crippen molar-refractivity contribution in [2.24, 2.45) is 5.92 Å². The van der Waals surface area contributed by atoms with Gasteiger partial charge in [-0.25, -0.2) is 4.39 Å². The summed E-state index contributed by atoms with van der Waals surface area (Å²) in [7, 11) is 0. The minimum absolute atomic E-state index is 0. The van der Waals surface area contributed by atoms with Crippen LogP contribution in [0, 0.1) is 11.7 Å². The first-order chi connectivity index (χ1) is 10.4. The Bertz CT molecular complexity index is 505. The maximum atomic E-state index is 14.3. The Morgan fingerprint density at radius 2 is 1.75 bits per heavy atom. The van der Waals surface area contributed by atoms with Crippen molar-refractivity contribution in [3.05, 3.63) is 35.1 Å². The number of nitrogens with zero attached hydrogens (tertiary/aromatic N) is 1. The molecule has 2 rings (SSSR count). The van der Waals surface area contributed by atoms with Gasteiger partial charge in [-0.3, -0.25) is 4.90 Å². The normalized spacial score (nSPS) is 18.2. The Kier molecular flexibility index (Phi) is 9.57. The summed E-state index contributed by atoms with van der Waals surface area (Å²) in [5.41, 5.74) is -1.05. The molecule has 1 aromatic carbocycles. The van der Waals surface area contributed by atoms with E-state index in [1.165, 1.54) is 0 Å². The van der Waals surface area contributed by atoms with Crippen molar-refractivity contribution in [3.63, 3.8) is 0 Å². The van der Waals surface area contributed by atoms with Gasteiger partial charge in [0.15, 0.2) is 0 Å². The second-order valence-corrected chi connectivity index (χ2v) is 5.82. The van der Waals surface area contributed by atoms with E-state index in [4.69, 9.17) is 0 Å². The lowest BCUT2D eigenvalue weighted by Crippen LogP contribution is -2.47. The monoisotopic (exact) mass is 390 g/mol. The standard InChI is InChI=1S/C16H22F4N2.2ClH/c1-3-11(2)15(22-9-7-21-8-10-22)14-12(16(18,19)20)5-4-6-13(14)17;;/h4-6,11,15,21H,3,7-10H2,1-2H3;2*1H/t11?,15-;;/m1../s1. The maximum absolute atomic E-state index is 14.3. The van der Waals surface area contributed by atoms with Gasteiger partial charge in [0, 0.05) is 37.8 Å². The largest absolute Gasteiger partial charge is 0.416 e. The van der Waals surface area contributed by atoms with Crippen LogP contribution in [0.5, 0.6) is 0 Å². The van der Waals surface area contributed by atoms with E-state index in [-0.39, 0.29) is 36.3 Å². The second-order valence-electron chi connectivity index (χ2n) is 5.82. The van der Waals surface area contributed by atoms with Crippen LogP contribution in [0.15, 0.2) is 18.2 Å². The fourth-order valence-corrected chi connectivity index (χ4v) is 3.10. The highest BCUT2D eigenvalue weighted by Gasteiger charge is 2.39. The molecule has 0 aliphatic carbocycles. The molecule has 2 nitrogen and oxygen atoms in total. The van der Waals surface area contributed by atoms with Crippen LogP contribution in [-0.4, -0.2) is 31.1 Å². The minimum atomic E-state index is -4.54. The third-order valence-electron chi connectivity index (χ3n) is 4.38. The van der Waals surface area contributed by atoms with Crippen molar-refractivity contribution >= 4 is 24.8 Å². The van der Waals surface area contributed by atoms with Gasteiger partial charge in [0.25, 0.3) is 0 Å². The highest BCUT2D eigenvalue weighted by molar-refractivity contribution is 5.85. The average Bonchev–Trinajstić information content (AvgIpc) is 2.49. The minimum Gasteiger partial charge on any atom is -0.314 e. The number of benzene rings is 1. The van der Waals surface area contributed by atoms with E-state index in [1.807, 2.05) is 18.7 Å². The van der Waals surface area contributed by atoms with E-state index in [1.54, 1.807) is 0 Å². The van der Waals surface area contributed by atoms with Crippen LogP contribution in [-0.2, 0) is 6.18 Å². The van der Waals surface area contributed by atoms with Gasteiger partial charge in [-0.1, -0.05) is 26.3 Å². The van der Waals surface area contributed by atoms with Gasteiger partial charge < -0.3 is 5.32 Å². The third kappa shape index (κ3) is 5.22. The number of hydrogen-bond donors (Lipinski definition) is 1. The fourth-order valence-electron chi connectivity index (χ4n) is 3.10. The lowest BCUT2D eigenvalue weighted by atomic mass is 9.87. The molecule has 1 heterocycles. The number of alkyl halides is 3. The van der Waals surface area contributed by atoms with Gasteiger partial charge in [-0.15, -0.1) is 24.8 Å². The van der Waals surface area contributed by atoms with Crippen LogP contribution < -0.4 is 5.32 Å². The zero-order valence-electron chi connectivity index (χ0n) is 13.7. The summed E-state index contributed by atoms with van der Waals surface area (Å²) in [6, 6.07) is 2.69. The molecule has 1 N–H and O–H groups in total. The molecule has 0 saturated carbocycles.